The van der Waals surface area contributed by atoms with Gasteiger partial charge in [0.25, 0.3) is 0 Å². The molecule has 0 saturated carbocycles. The molecule has 0 atom stereocenters. The Morgan fingerprint density at radius 3 is 1.97 bits per heavy atom. The normalized spacial score (nSPS) is 12.2. The van der Waals surface area contributed by atoms with Crippen LogP contribution in [0.1, 0.15) is 24.2 Å². The Morgan fingerprint density at radius 1 is 0.828 bits per heavy atom. The quantitative estimate of drug-likeness (QED) is 0.238. The van der Waals surface area contributed by atoms with Crippen LogP contribution in [0.2, 0.25) is 0 Å². The highest BCUT2D eigenvalue weighted by atomic mass is 16.5. The number of benzene rings is 3. The van der Waals surface area contributed by atoms with Crippen molar-refractivity contribution in [1.82, 2.24) is 0 Å². The summed E-state index contributed by atoms with van der Waals surface area (Å²) in [4.78, 5) is 11.5. The van der Waals surface area contributed by atoms with Gasteiger partial charge >= 0.3 is 5.97 Å². The van der Waals surface area contributed by atoms with E-state index in [-0.39, 0.29) is 6.10 Å². The van der Waals surface area contributed by atoms with Crippen LogP contribution in [0.5, 0.6) is 11.5 Å². The van der Waals surface area contributed by atoms with Crippen LogP contribution in [0.25, 0.3) is 11.1 Å². The highest BCUT2D eigenvalue weighted by molar-refractivity contribution is 5.88. The van der Waals surface area contributed by atoms with Crippen LogP contribution in [-0.4, -0.2) is 19.2 Å². The van der Waals surface area contributed by atoms with E-state index in [1.807, 2.05) is 12.1 Å². The maximum absolute atomic E-state index is 11.5. The van der Waals surface area contributed by atoms with Crippen molar-refractivity contribution in [2.45, 2.75) is 13.0 Å². The highest BCUT2D eigenvalue weighted by Crippen LogP contribution is 2.44. The summed E-state index contributed by atoms with van der Waals surface area (Å²) in [7, 11) is 0. The Labute approximate surface area is 170 Å². The number of rotatable bonds is 7. The topological polar surface area (TPSA) is 44.8 Å². The first-order chi connectivity index (χ1) is 14.1. The van der Waals surface area contributed by atoms with Crippen molar-refractivity contribution in [3.05, 3.63) is 96.1 Å². The number of carbonyl (C=O) groups is 1. The van der Waals surface area contributed by atoms with Crippen molar-refractivity contribution in [1.29, 1.82) is 0 Å². The molecule has 1 aliphatic carbocycles. The standard InChI is InChI=1S/C25H22O4/c1-17(2)25(26)29-19-13-11-18(12-14-19)27-15-16-28-24-22-9-5-3-7-20(22)21-8-4-6-10-23(21)24/h3-14,24H,1,15-16H2,2H3. The molecule has 0 amide bonds. The van der Waals surface area contributed by atoms with Crippen molar-refractivity contribution in [2.24, 2.45) is 0 Å². The second kappa shape index (κ2) is 8.33. The molecule has 29 heavy (non-hydrogen) atoms. The molecule has 0 aromatic heterocycles. The molecule has 0 spiro atoms. The van der Waals surface area contributed by atoms with Gasteiger partial charge in [0, 0.05) is 5.57 Å². The average molecular weight is 386 g/mol. The molecule has 146 valence electrons. The van der Waals surface area contributed by atoms with Crippen LogP contribution >= 0.6 is 0 Å². The number of hydrogen-bond donors (Lipinski definition) is 0. The predicted molar refractivity (Wildman–Crippen MR) is 112 cm³/mol. The number of esters is 1. The van der Waals surface area contributed by atoms with E-state index in [0.29, 0.717) is 30.3 Å². The summed E-state index contributed by atoms with van der Waals surface area (Å²) < 4.78 is 17.1. The van der Waals surface area contributed by atoms with Gasteiger partial charge in [0.2, 0.25) is 0 Å². The monoisotopic (exact) mass is 386 g/mol. The molecule has 0 bridgehead atoms. The van der Waals surface area contributed by atoms with E-state index in [4.69, 9.17) is 14.2 Å². The smallest absolute Gasteiger partial charge is 0.338 e. The third-order valence-corrected chi connectivity index (χ3v) is 4.80. The Balaban J connectivity index is 1.33. The van der Waals surface area contributed by atoms with Crippen LogP contribution in [-0.2, 0) is 9.53 Å². The largest absolute Gasteiger partial charge is 0.491 e. The highest BCUT2D eigenvalue weighted by Gasteiger charge is 2.28. The second-order valence-corrected chi connectivity index (χ2v) is 6.92. The molecule has 0 N–H and O–H groups in total. The van der Waals surface area contributed by atoms with Gasteiger partial charge in [-0.1, -0.05) is 55.1 Å². The van der Waals surface area contributed by atoms with Gasteiger partial charge in [0.15, 0.2) is 0 Å². The molecule has 0 saturated heterocycles. The molecule has 1 aliphatic rings. The van der Waals surface area contributed by atoms with Gasteiger partial charge in [0.05, 0.1) is 6.61 Å². The van der Waals surface area contributed by atoms with Gasteiger partial charge < -0.3 is 14.2 Å². The van der Waals surface area contributed by atoms with E-state index in [2.05, 4.69) is 43.0 Å². The molecular weight excluding hydrogens is 364 g/mol. The average Bonchev–Trinajstić information content (AvgIpc) is 3.06. The van der Waals surface area contributed by atoms with Crippen LogP contribution in [0.15, 0.2) is 84.9 Å². The fourth-order valence-corrected chi connectivity index (χ4v) is 3.41. The molecule has 0 aliphatic heterocycles. The van der Waals surface area contributed by atoms with Crippen molar-refractivity contribution in [3.8, 4) is 22.6 Å². The first-order valence-corrected chi connectivity index (χ1v) is 9.54. The molecule has 4 rings (SSSR count). The number of hydrogen-bond acceptors (Lipinski definition) is 4. The van der Waals surface area contributed by atoms with E-state index in [1.54, 1.807) is 31.2 Å². The lowest BCUT2D eigenvalue weighted by Gasteiger charge is -2.15. The molecule has 0 fully saturated rings. The van der Waals surface area contributed by atoms with Crippen molar-refractivity contribution in [2.75, 3.05) is 13.2 Å². The Hall–Kier alpha value is -3.37. The van der Waals surface area contributed by atoms with Crippen LogP contribution in [0, 0.1) is 0 Å². The van der Waals surface area contributed by atoms with Crippen LogP contribution in [0.3, 0.4) is 0 Å². The maximum atomic E-state index is 11.5. The van der Waals surface area contributed by atoms with Crippen molar-refractivity contribution in [3.63, 3.8) is 0 Å². The lowest BCUT2D eigenvalue weighted by molar-refractivity contribution is -0.130. The minimum Gasteiger partial charge on any atom is -0.491 e. The maximum Gasteiger partial charge on any atom is 0.338 e. The number of carbonyl (C=O) groups excluding carboxylic acids is 1. The van der Waals surface area contributed by atoms with Crippen molar-refractivity contribution < 1.29 is 19.0 Å². The first-order valence-electron chi connectivity index (χ1n) is 9.54. The zero-order valence-corrected chi connectivity index (χ0v) is 16.3. The Kier molecular flexibility index (Phi) is 5.45. The predicted octanol–water partition coefficient (Wildman–Crippen LogP) is 5.33. The van der Waals surface area contributed by atoms with E-state index >= 15 is 0 Å². The van der Waals surface area contributed by atoms with E-state index in [9.17, 15) is 4.79 Å². The first kappa shape index (κ1) is 19.0. The fraction of sp³-hybridized carbons (Fsp3) is 0.160. The number of ether oxygens (including phenoxy) is 3. The molecular formula is C25H22O4. The molecule has 3 aromatic carbocycles. The lowest BCUT2D eigenvalue weighted by Crippen LogP contribution is -2.11. The second-order valence-electron chi connectivity index (χ2n) is 6.92. The summed E-state index contributed by atoms with van der Waals surface area (Å²) >= 11 is 0. The van der Waals surface area contributed by atoms with E-state index in [0.717, 1.165) is 0 Å². The van der Waals surface area contributed by atoms with Gasteiger partial charge in [-0.25, -0.2) is 4.79 Å². The third-order valence-electron chi connectivity index (χ3n) is 4.80. The molecule has 4 nitrogen and oxygen atoms in total. The van der Waals surface area contributed by atoms with E-state index < -0.39 is 5.97 Å². The minimum absolute atomic E-state index is 0.0741. The third kappa shape index (κ3) is 4.08. The number of fused-ring (bicyclic) bond motifs is 3. The summed E-state index contributed by atoms with van der Waals surface area (Å²) in [5.74, 6) is 0.709. The summed E-state index contributed by atoms with van der Waals surface area (Å²) in [6.45, 7) is 6.06. The zero-order chi connectivity index (χ0) is 20.2. The van der Waals surface area contributed by atoms with Crippen LogP contribution in [0.4, 0.5) is 0 Å². The van der Waals surface area contributed by atoms with Crippen LogP contribution < -0.4 is 9.47 Å². The van der Waals surface area contributed by atoms with Gasteiger partial charge in [-0.2, -0.15) is 0 Å². The lowest BCUT2D eigenvalue weighted by atomic mass is 10.1. The van der Waals surface area contributed by atoms with E-state index in [1.165, 1.54) is 22.3 Å². The molecule has 0 radical (unpaired) electrons. The van der Waals surface area contributed by atoms with Crippen molar-refractivity contribution >= 4 is 5.97 Å². The van der Waals surface area contributed by atoms with Gasteiger partial charge in [-0.15, -0.1) is 0 Å². The Bertz CT molecular complexity index is 991. The summed E-state index contributed by atoms with van der Waals surface area (Å²) in [6.07, 6.45) is -0.0741. The summed E-state index contributed by atoms with van der Waals surface area (Å²) in [5, 5.41) is 0. The molecule has 0 unspecified atom stereocenters. The summed E-state index contributed by atoms with van der Waals surface area (Å²) in [6, 6.07) is 23.6. The Morgan fingerprint density at radius 2 is 1.38 bits per heavy atom. The fourth-order valence-electron chi connectivity index (χ4n) is 3.41. The summed E-state index contributed by atoms with van der Waals surface area (Å²) in [5.41, 5.74) is 5.20. The van der Waals surface area contributed by atoms with Gasteiger partial charge in [0.1, 0.15) is 24.2 Å². The molecule has 0 heterocycles. The SMILES string of the molecule is C=C(C)C(=O)Oc1ccc(OCCOC2c3ccccc3-c3ccccc32)cc1. The molecule has 4 heteroatoms. The molecule has 3 aromatic rings. The van der Waals surface area contributed by atoms with Gasteiger partial charge in [-0.3, -0.25) is 0 Å². The van der Waals surface area contributed by atoms with Gasteiger partial charge in [-0.05, 0) is 53.4 Å². The zero-order valence-electron chi connectivity index (χ0n) is 16.3. The minimum atomic E-state index is -0.441.